The third-order valence-corrected chi connectivity index (χ3v) is 3.83. The standard InChI is InChI=1S/C18H16N4O/c1-23-15-7-8-17-16(11-15)20-18(12-21-10-9-19-13-21)22(17)14-5-3-2-4-6-14/h2-11,13H,12H2,1H3. The van der Waals surface area contributed by atoms with Gasteiger partial charge in [-0.1, -0.05) is 18.2 Å². The quantitative estimate of drug-likeness (QED) is 0.581. The number of hydrogen-bond acceptors (Lipinski definition) is 3. The van der Waals surface area contributed by atoms with Gasteiger partial charge in [-0.05, 0) is 24.3 Å². The predicted molar refractivity (Wildman–Crippen MR) is 89.0 cm³/mol. The minimum Gasteiger partial charge on any atom is -0.497 e. The molecule has 0 bridgehead atoms. The molecule has 0 atom stereocenters. The van der Waals surface area contributed by atoms with Gasteiger partial charge < -0.3 is 9.30 Å². The highest BCUT2D eigenvalue weighted by Crippen LogP contribution is 2.25. The highest BCUT2D eigenvalue weighted by atomic mass is 16.5. The van der Waals surface area contributed by atoms with Gasteiger partial charge >= 0.3 is 0 Å². The lowest BCUT2D eigenvalue weighted by molar-refractivity contribution is 0.415. The molecular formula is C18H16N4O. The molecule has 114 valence electrons. The van der Waals surface area contributed by atoms with Crippen LogP contribution in [0, 0.1) is 0 Å². The fraction of sp³-hybridized carbons (Fsp3) is 0.111. The summed E-state index contributed by atoms with van der Waals surface area (Å²) in [6.45, 7) is 0.659. The number of para-hydroxylation sites is 1. The van der Waals surface area contributed by atoms with Crippen LogP contribution < -0.4 is 4.74 Å². The summed E-state index contributed by atoms with van der Waals surface area (Å²) in [5.41, 5.74) is 3.07. The number of ether oxygens (including phenoxy) is 1. The molecule has 5 heteroatoms. The van der Waals surface area contributed by atoms with Crippen LogP contribution in [0.4, 0.5) is 0 Å². The van der Waals surface area contributed by atoms with Crippen molar-refractivity contribution in [1.29, 1.82) is 0 Å². The van der Waals surface area contributed by atoms with E-state index in [4.69, 9.17) is 9.72 Å². The molecule has 0 aliphatic carbocycles. The van der Waals surface area contributed by atoms with E-state index in [0.29, 0.717) is 6.54 Å². The Balaban J connectivity index is 1.92. The molecule has 2 aromatic heterocycles. The van der Waals surface area contributed by atoms with E-state index in [9.17, 15) is 0 Å². The molecule has 5 nitrogen and oxygen atoms in total. The van der Waals surface area contributed by atoms with Crippen LogP contribution in [0.1, 0.15) is 5.82 Å². The lowest BCUT2D eigenvalue weighted by Gasteiger charge is -2.09. The van der Waals surface area contributed by atoms with Gasteiger partial charge in [-0.3, -0.25) is 4.57 Å². The Labute approximate surface area is 133 Å². The van der Waals surface area contributed by atoms with Crippen molar-refractivity contribution in [2.45, 2.75) is 6.54 Å². The fourth-order valence-electron chi connectivity index (χ4n) is 2.75. The molecule has 2 aromatic carbocycles. The van der Waals surface area contributed by atoms with Gasteiger partial charge in [0.25, 0.3) is 0 Å². The van der Waals surface area contributed by atoms with E-state index in [1.807, 2.05) is 47.2 Å². The number of methoxy groups -OCH3 is 1. The van der Waals surface area contributed by atoms with Gasteiger partial charge in [0, 0.05) is 24.1 Å². The Kier molecular flexibility index (Phi) is 3.31. The topological polar surface area (TPSA) is 44.9 Å². The second kappa shape index (κ2) is 5.61. The van der Waals surface area contributed by atoms with Gasteiger partial charge in [-0.2, -0.15) is 0 Å². The minimum absolute atomic E-state index is 0.659. The summed E-state index contributed by atoms with van der Waals surface area (Å²) in [6.07, 6.45) is 5.52. The normalized spacial score (nSPS) is 11.0. The molecule has 0 radical (unpaired) electrons. The third-order valence-electron chi connectivity index (χ3n) is 3.83. The van der Waals surface area contributed by atoms with Crippen LogP contribution in [0.25, 0.3) is 16.7 Å². The zero-order valence-electron chi connectivity index (χ0n) is 12.8. The Hall–Kier alpha value is -3.08. The fourth-order valence-corrected chi connectivity index (χ4v) is 2.75. The molecule has 0 aliphatic rings. The molecule has 4 aromatic rings. The van der Waals surface area contributed by atoms with E-state index in [2.05, 4.69) is 21.7 Å². The molecule has 0 aliphatic heterocycles. The van der Waals surface area contributed by atoms with Crippen LogP contribution in [0.5, 0.6) is 5.75 Å². The largest absolute Gasteiger partial charge is 0.497 e. The number of hydrogen-bond donors (Lipinski definition) is 0. The molecule has 0 spiro atoms. The molecule has 0 saturated carbocycles. The van der Waals surface area contributed by atoms with Crippen molar-refractivity contribution < 1.29 is 4.74 Å². The van der Waals surface area contributed by atoms with E-state index in [1.165, 1.54) is 0 Å². The number of benzene rings is 2. The minimum atomic E-state index is 0.659. The highest BCUT2D eigenvalue weighted by Gasteiger charge is 2.13. The summed E-state index contributed by atoms with van der Waals surface area (Å²) in [5.74, 6) is 1.77. The summed E-state index contributed by atoms with van der Waals surface area (Å²) >= 11 is 0. The molecular weight excluding hydrogens is 288 g/mol. The summed E-state index contributed by atoms with van der Waals surface area (Å²) in [4.78, 5) is 8.91. The molecule has 0 amide bonds. The van der Waals surface area contributed by atoms with Crippen molar-refractivity contribution in [1.82, 2.24) is 19.1 Å². The third kappa shape index (κ3) is 2.46. The smallest absolute Gasteiger partial charge is 0.134 e. The van der Waals surface area contributed by atoms with Crippen LogP contribution >= 0.6 is 0 Å². The predicted octanol–water partition coefficient (Wildman–Crippen LogP) is 3.28. The lowest BCUT2D eigenvalue weighted by Crippen LogP contribution is -2.06. The highest BCUT2D eigenvalue weighted by molar-refractivity contribution is 5.80. The number of imidazole rings is 2. The van der Waals surface area contributed by atoms with Gasteiger partial charge in [0.1, 0.15) is 11.6 Å². The maximum Gasteiger partial charge on any atom is 0.134 e. The first-order valence-corrected chi connectivity index (χ1v) is 7.42. The van der Waals surface area contributed by atoms with Crippen molar-refractivity contribution in [2.24, 2.45) is 0 Å². The molecule has 0 saturated heterocycles. The van der Waals surface area contributed by atoms with E-state index in [1.54, 1.807) is 19.6 Å². The maximum atomic E-state index is 5.32. The average Bonchev–Trinajstić information content (AvgIpc) is 3.22. The first-order valence-electron chi connectivity index (χ1n) is 7.42. The van der Waals surface area contributed by atoms with Crippen LogP contribution in [-0.4, -0.2) is 26.2 Å². The summed E-state index contributed by atoms with van der Waals surface area (Å²) < 4.78 is 9.51. The zero-order valence-corrected chi connectivity index (χ0v) is 12.8. The second-order valence-electron chi connectivity index (χ2n) is 5.29. The molecule has 0 N–H and O–H groups in total. The average molecular weight is 304 g/mol. The maximum absolute atomic E-state index is 5.32. The van der Waals surface area contributed by atoms with Gasteiger partial charge in [0.15, 0.2) is 0 Å². The van der Waals surface area contributed by atoms with Crippen molar-refractivity contribution in [2.75, 3.05) is 7.11 Å². The second-order valence-corrected chi connectivity index (χ2v) is 5.29. The number of rotatable bonds is 4. The van der Waals surface area contributed by atoms with Gasteiger partial charge in [0.05, 0.1) is 31.0 Å². The molecule has 23 heavy (non-hydrogen) atoms. The Morgan fingerprint density at radius 3 is 2.70 bits per heavy atom. The van der Waals surface area contributed by atoms with E-state index in [-0.39, 0.29) is 0 Å². The Morgan fingerprint density at radius 2 is 1.96 bits per heavy atom. The van der Waals surface area contributed by atoms with Crippen LogP contribution in [0.15, 0.2) is 67.3 Å². The molecule has 4 rings (SSSR count). The van der Waals surface area contributed by atoms with Crippen molar-refractivity contribution in [3.05, 3.63) is 73.1 Å². The van der Waals surface area contributed by atoms with Crippen LogP contribution in [0.3, 0.4) is 0 Å². The number of nitrogens with zero attached hydrogens (tertiary/aromatic N) is 4. The summed E-state index contributed by atoms with van der Waals surface area (Å²) in [7, 11) is 1.67. The van der Waals surface area contributed by atoms with Crippen molar-refractivity contribution in [3.8, 4) is 11.4 Å². The lowest BCUT2D eigenvalue weighted by atomic mass is 10.2. The first-order chi connectivity index (χ1) is 11.3. The van der Waals surface area contributed by atoms with Gasteiger partial charge in [0.2, 0.25) is 0 Å². The molecule has 0 fully saturated rings. The van der Waals surface area contributed by atoms with Crippen LogP contribution in [-0.2, 0) is 6.54 Å². The van der Waals surface area contributed by atoms with Gasteiger partial charge in [-0.25, -0.2) is 9.97 Å². The summed E-state index contributed by atoms with van der Waals surface area (Å²) in [5, 5.41) is 0. The summed E-state index contributed by atoms with van der Waals surface area (Å²) in [6, 6.07) is 16.2. The van der Waals surface area contributed by atoms with Gasteiger partial charge in [-0.15, -0.1) is 0 Å². The number of fused-ring (bicyclic) bond motifs is 1. The van der Waals surface area contributed by atoms with Crippen molar-refractivity contribution >= 4 is 11.0 Å². The Bertz CT molecular complexity index is 926. The van der Waals surface area contributed by atoms with E-state index >= 15 is 0 Å². The monoisotopic (exact) mass is 304 g/mol. The molecule has 0 unspecified atom stereocenters. The van der Waals surface area contributed by atoms with E-state index in [0.717, 1.165) is 28.3 Å². The first kappa shape index (κ1) is 13.6. The number of aromatic nitrogens is 4. The zero-order chi connectivity index (χ0) is 15.6. The molecule has 2 heterocycles. The Morgan fingerprint density at radius 1 is 1.09 bits per heavy atom. The van der Waals surface area contributed by atoms with Crippen molar-refractivity contribution in [3.63, 3.8) is 0 Å². The SMILES string of the molecule is COc1ccc2c(c1)nc(Cn1ccnc1)n2-c1ccccc1. The van der Waals surface area contributed by atoms with Crippen LogP contribution in [0.2, 0.25) is 0 Å². The van der Waals surface area contributed by atoms with E-state index < -0.39 is 0 Å².